The number of carbonyl (C=O) groups excluding carboxylic acids is 3. The van der Waals surface area contributed by atoms with Crippen molar-refractivity contribution in [1.82, 2.24) is 0 Å². The molecule has 0 fully saturated rings. The molecule has 0 saturated heterocycles. The molecular formula is C23H25NO8. The Labute approximate surface area is 185 Å². The van der Waals surface area contributed by atoms with E-state index in [2.05, 4.69) is 5.32 Å². The van der Waals surface area contributed by atoms with Crippen LogP contribution >= 0.6 is 0 Å². The Morgan fingerprint density at radius 1 is 0.938 bits per heavy atom. The summed E-state index contributed by atoms with van der Waals surface area (Å²) in [6.07, 6.45) is 2.65. The van der Waals surface area contributed by atoms with Crippen molar-refractivity contribution in [2.45, 2.75) is 6.92 Å². The van der Waals surface area contributed by atoms with Crippen molar-refractivity contribution in [2.24, 2.45) is 0 Å². The summed E-state index contributed by atoms with van der Waals surface area (Å²) >= 11 is 0. The van der Waals surface area contributed by atoms with E-state index in [1.807, 2.05) is 0 Å². The minimum Gasteiger partial charge on any atom is -0.493 e. The van der Waals surface area contributed by atoms with E-state index in [1.54, 1.807) is 37.3 Å². The normalized spacial score (nSPS) is 10.4. The fourth-order valence-electron chi connectivity index (χ4n) is 2.71. The van der Waals surface area contributed by atoms with Gasteiger partial charge in [-0.05, 0) is 42.8 Å². The number of hydrogen-bond donors (Lipinski definition) is 1. The highest BCUT2D eigenvalue weighted by Crippen LogP contribution is 2.38. The molecular weight excluding hydrogens is 418 g/mol. The first kappa shape index (κ1) is 24.3. The number of anilines is 1. The van der Waals surface area contributed by atoms with E-state index in [1.165, 1.54) is 39.5 Å². The van der Waals surface area contributed by atoms with Gasteiger partial charge in [0.15, 0.2) is 18.1 Å². The van der Waals surface area contributed by atoms with Gasteiger partial charge in [0.05, 0.1) is 39.2 Å². The van der Waals surface area contributed by atoms with Crippen LogP contribution in [0.5, 0.6) is 17.2 Å². The van der Waals surface area contributed by atoms with Gasteiger partial charge in [-0.3, -0.25) is 4.79 Å². The summed E-state index contributed by atoms with van der Waals surface area (Å²) in [4.78, 5) is 36.1. The third-order valence-corrected chi connectivity index (χ3v) is 4.14. The van der Waals surface area contributed by atoms with E-state index >= 15 is 0 Å². The third-order valence-electron chi connectivity index (χ3n) is 4.14. The van der Waals surface area contributed by atoms with Gasteiger partial charge in [-0.2, -0.15) is 0 Å². The second-order valence-corrected chi connectivity index (χ2v) is 6.21. The van der Waals surface area contributed by atoms with Gasteiger partial charge in [-0.1, -0.05) is 12.1 Å². The van der Waals surface area contributed by atoms with Crippen molar-refractivity contribution in [3.05, 3.63) is 53.6 Å². The van der Waals surface area contributed by atoms with Crippen LogP contribution in [0, 0.1) is 0 Å². The van der Waals surface area contributed by atoms with Crippen molar-refractivity contribution in [2.75, 3.05) is 39.9 Å². The van der Waals surface area contributed by atoms with Gasteiger partial charge >= 0.3 is 11.9 Å². The molecule has 0 spiro atoms. The maximum Gasteiger partial charge on any atom is 0.340 e. The molecule has 0 aliphatic heterocycles. The number of carbonyl (C=O) groups is 3. The first-order valence-corrected chi connectivity index (χ1v) is 9.64. The van der Waals surface area contributed by atoms with Crippen LogP contribution in [0.1, 0.15) is 22.8 Å². The van der Waals surface area contributed by atoms with E-state index in [0.29, 0.717) is 22.8 Å². The Bertz CT molecular complexity index is 974. The molecule has 0 atom stereocenters. The zero-order valence-corrected chi connectivity index (χ0v) is 18.3. The van der Waals surface area contributed by atoms with E-state index in [-0.39, 0.29) is 17.9 Å². The molecule has 9 heteroatoms. The number of nitrogens with one attached hydrogen (secondary N) is 1. The molecule has 0 radical (unpaired) electrons. The lowest BCUT2D eigenvalue weighted by atomic mass is 10.1. The summed E-state index contributed by atoms with van der Waals surface area (Å²) < 4.78 is 25.7. The molecule has 0 aromatic heterocycles. The molecule has 1 amide bonds. The average molecular weight is 443 g/mol. The Hall–Kier alpha value is -4.01. The van der Waals surface area contributed by atoms with Crippen LogP contribution in [0.3, 0.4) is 0 Å². The van der Waals surface area contributed by atoms with Gasteiger partial charge in [0.2, 0.25) is 5.75 Å². The maximum atomic E-state index is 12.1. The summed E-state index contributed by atoms with van der Waals surface area (Å²) in [5.41, 5.74) is 1.07. The summed E-state index contributed by atoms with van der Waals surface area (Å²) in [5, 5.41) is 2.53. The Morgan fingerprint density at radius 3 is 2.19 bits per heavy atom. The van der Waals surface area contributed by atoms with E-state index in [0.717, 1.165) is 0 Å². The zero-order chi connectivity index (χ0) is 23.5. The van der Waals surface area contributed by atoms with Crippen molar-refractivity contribution in [3.8, 4) is 17.2 Å². The van der Waals surface area contributed by atoms with Crippen molar-refractivity contribution < 1.29 is 38.1 Å². The molecule has 2 rings (SSSR count). The molecule has 2 aromatic rings. The molecule has 0 heterocycles. The minimum absolute atomic E-state index is 0.205. The van der Waals surface area contributed by atoms with Gasteiger partial charge in [-0.25, -0.2) is 9.59 Å². The van der Waals surface area contributed by atoms with Crippen molar-refractivity contribution in [3.63, 3.8) is 0 Å². The Balaban J connectivity index is 1.98. The van der Waals surface area contributed by atoms with Gasteiger partial charge in [-0.15, -0.1) is 0 Å². The highest BCUT2D eigenvalue weighted by molar-refractivity contribution is 6.02. The summed E-state index contributed by atoms with van der Waals surface area (Å²) in [7, 11) is 4.46. The van der Waals surface area contributed by atoms with Crippen LogP contribution in [0.2, 0.25) is 0 Å². The standard InChI is InChI=1S/C23H25NO8/c1-5-31-23(27)16-8-6-7-9-17(16)24-20(25)14-32-21(26)11-10-15-12-18(28-2)22(30-4)19(13-15)29-3/h6-13H,5,14H2,1-4H3,(H,24,25). The van der Waals surface area contributed by atoms with Crippen LogP contribution in [0.15, 0.2) is 42.5 Å². The highest BCUT2D eigenvalue weighted by Gasteiger charge is 2.15. The monoisotopic (exact) mass is 443 g/mol. The van der Waals surface area contributed by atoms with Crippen LogP contribution in [0.4, 0.5) is 5.69 Å². The van der Waals surface area contributed by atoms with Crippen LogP contribution in [-0.4, -0.2) is 52.4 Å². The second kappa shape index (κ2) is 12.0. The van der Waals surface area contributed by atoms with E-state index < -0.39 is 24.5 Å². The quantitative estimate of drug-likeness (QED) is 0.441. The fourth-order valence-corrected chi connectivity index (χ4v) is 2.71. The van der Waals surface area contributed by atoms with Gasteiger partial charge < -0.3 is 29.0 Å². The maximum absolute atomic E-state index is 12.1. The second-order valence-electron chi connectivity index (χ2n) is 6.21. The topological polar surface area (TPSA) is 109 Å². The third kappa shape index (κ3) is 6.49. The summed E-state index contributed by atoms with van der Waals surface area (Å²) in [6, 6.07) is 9.70. The predicted octanol–water partition coefficient (Wildman–Crippen LogP) is 3.08. The lowest BCUT2D eigenvalue weighted by molar-refractivity contribution is -0.142. The Kier molecular flexibility index (Phi) is 9.09. The molecule has 9 nitrogen and oxygen atoms in total. The average Bonchev–Trinajstić information content (AvgIpc) is 2.81. The molecule has 0 bridgehead atoms. The molecule has 2 aromatic carbocycles. The summed E-state index contributed by atoms with van der Waals surface area (Å²) in [6.45, 7) is 1.36. The first-order valence-electron chi connectivity index (χ1n) is 9.64. The number of esters is 2. The first-order chi connectivity index (χ1) is 15.4. The van der Waals surface area contributed by atoms with Gasteiger partial charge in [0.1, 0.15) is 0 Å². The van der Waals surface area contributed by atoms with E-state index in [9.17, 15) is 14.4 Å². The lowest BCUT2D eigenvalue weighted by Gasteiger charge is -2.12. The van der Waals surface area contributed by atoms with Crippen molar-refractivity contribution >= 4 is 29.6 Å². The van der Waals surface area contributed by atoms with Crippen molar-refractivity contribution in [1.29, 1.82) is 0 Å². The molecule has 1 N–H and O–H groups in total. The highest BCUT2D eigenvalue weighted by atomic mass is 16.5. The lowest BCUT2D eigenvalue weighted by Crippen LogP contribution is -2.21. The molecule has 0 saturated carbocycles. The van der Waals surface area contributed by atoms with Crippen LogP contribution < -0.4 is 19.5 Å². The molecule has 0 unspecified atom stereocenters. The number of para-hydroxylation sites is 1. The van der Waals surface area contributed by atoms with Crippen LogP contribution in [0.25, 0.3) is 6.08 Å². The van der Waals surface area contributed by atoms with Gasteiger partial charge in [0.25, 0.3) is 5.91 Å². The van der Waals surface area contributed by atoms with Gasteiger partial charge in [0, 0.05) is 6.08 Å². The molecule has 0 aliphatic carbocycles. The molecule has 170 valence electrons. The molecule has 32 heavy (non-hydrogen) atoms. The predicted molar refractivity (Wildman–Crippen MR) is 117 cm³/mol. The minimum atomic E-state index is -0.729. The summed E-state index contributed by atoms with van der Waals surface area (Å²) in [5.74, 6) is -0.606. The number of methoxy groups -OCH3 is 3. The number of rotatable bonds is 10. The SMILES string of the molecule is CCOC(=O)c1ccccc1NC(=O)COC(=O)C=Cc1cc(OC)c(OC)c(OC)c1. The van der Waals surface area contributed by atoms with Crippen LogP contribution in [-0.2, 0) is 19.1 Å². The smallest absolute Gasteiger partial charge is 0.340 e. The number of hydrogen-bond acceptors (Lipinski definition) is 8. The fraction of sp³-hybridized carbons (Fsp3) is 0.261. The number of benzene rings is 2. The largest absolute Gasteiger partial charge is 0.493 e. The zero-order valence-electron chi connectivity index (χ0n) is 18.3. The number of amides is 1. The number of ether oxygens (including phenoxy) is 5. The molecule has 0 aliphatic rings. The Morgan fingerprint density at radius 2 is 1.59 bits per heavy atom. The van der Waals surface area contributed by atoms with E-state index in [4.69, 9.17) is 23.7 Å².